The zero-order valence-electron chi connectivity index (χ0n) is 20.6. The second-order valence-electron chi connectivity index (χ2n) is 10.6. The van der Waals surface area contributed by atoms with Gasteiger partial charge in [0.25, 0.3) is 5.89 Å². The second kappa shape index (κ2) is 9.39. The molecule has 1 saturated carbocycles. The van der Waals surface area contributed by atoms with Gasteiger partial charge in [0.05, 0.1) is 17.2 Å². The molecule has 7 nitrogen and oxygen atoms in total. The van der Waals surface area contributed by atoms with Crippen LogP contribution in [0.2, 0.25) is 0 Å². The number of benzene rings is 1. The average molecular weight is 624 g/mol. The molecule has 0 amide bonds. The van der Waals surface area contributed by atoms with Crippen LogP contribution in [0.1, 0.15) is 44.2 Å². The molecule has 0 bridgehead atoms. The number of hydrogen-bond acceptors (Lipinski definition) is 7. The molecule has 4 heterocycles. The number of aryl methyl sites for hydroxylation is 1. The van der Waals surface area contributed by atoms with Crippen molar-refractivity contribution in [3.8, 4) is 23.0 Å². The van der Waals surface area contributed by atoms with Crippen LogP contribution in [0.15, 0.2) is 28.7 Å². The molecule has 1 unspecified atom stereocenters. The van der Waals surface area contributed by atoms with Gasteiger partial charge >= 0.3 is 6.18 Å². The number of halogens is 4. The average Bonchev–Trinajstić information content (AvgIpc) is 3.44. The van der Waals surface area contributed by atoms with Gasteiger partial charge in [-0.3, -0.25) is 0 Å². The summed E-state index contributed by atoms with van der Waals surface area (Å²) in [5.74, 6) is -0.485. The lowest BCUT2D eigenvalue weighted by molar-refractivity contribution is -0.176. The first kappa shape index (κ1) is 24.9. The van der Waals surface area contributed by atoms with Gasteiger partial charge in [-0.25, -0.2) is 9.97 Å². The second-order valence-corrected chi connectivity index (χ2v) is 11.8. The van der Waals surface area contributed by atoms with E-state index >= 15 is 0 Å². The Morgan fingerprint density at radius 3 is 2.46 bits per heavy atom. The van der Waals surface area contributed by atoms with E-state index in [1.54, 1.807) is 17.9 Å². The van der Waals surface area contributed by atoms with Gasteiger partial charge in [0.1, 0.15) is 5.69 Å². The van der Waals surface area contributed by atoms with E-state index in [4.69, 9.17) is 4.42 Å². The van der Waals surface area contributed by atoms with Crippen LogP contribution in [0.4, 0.5) is 24.8 Å². The van der Waals surface area contributed by atoms with Gasteiger partial charge in [0, 0.05) is 35.4 Å². The predicted molar refractivity (Wildman–Crippen MR) is 142 cm³/mol. The summed E-state index contributed by atoms with van der Waals surface area (Å²) in [6, 6.07) is 7.92. The van der Waals surface area contributed by atoms with E-state index in [9.17, 15) is 13.2 Å². The molecule has 1 atom stereocenters. The van der Waals surface area contributed by atoms with Crippen molar-refractivity contribution in [2.75, 3.05) is 36.0 Å². The first-order chi connectivity index (χ1) is 17.7. The summed E-state index contributed by atoms with van der Waals surface area (Å²) in [6.45, 7) is 4.14. The van der Waals surface area contributed by atoms with E-state index in [2.05, 4.69) is 53.7 Å². The maximum atomic E-state index is 13.3. The van der Waals surface area contributed by atoms with Gasteiger partial charge in [0.15, 0.2) is 0 Å². The summed E-state index contributed by atoms with van der Waals surface area (Å²) in [5, 5.41) is 8.60. The van der Waals surface area contributed by atoms with Crippen molar-refractivity contribution in [3.05, 3.63) is 33.5 Å². The van der Waals surface area contributed by atoms with Crippen molar-refractivity contribution >= 4 is 34.2 Å². The highest BCUT2D eigenvalue weighted by atomic mass is 127. The van der Waals surface area contributed by atoms with Gasteiger partial charge in [-0.05, 0) is 97.7 Å². The Balaban J connectivity index is 1.27. The van der Waals surface area contributed by atoms with E-state index < -0.39 is 12.1 Å². The molecule has 37 heavy (non-hydrogen) atoms. The fraction of sp³-hybridized carbons (Fsp3) is 0.538. The normalized spacial score (nSPS) is 21.5. The van der Waals surface area contributed by atoms with E-state index in [1.807, 2.05) is 12.1 Å². The predicted octanol–water partition coefficient (Wildman–Crippen LogP) is 6.27. The van der Waals surface area contributed by atoms with Crippen LogP contribution in [0.3, 0.4) is 0 Å². The molecule has 0 radical (unpaired) electrons. The Kier molecular flexibility index (Phi) is 6.31. The van der Waals surface area contributed by atoms with Crippen LogP contribution in [0.25, 0.3) is 23.0 Å². The van der Waals surface area contributed by atoms with Crippen molar-refractivity contribution in [2.24, 2.45) is 11.3 Å². The molecule has 6 rings (SSSR count). The molecule has 2 aromatic heterocycles. The maximum Gasteiger partial charge on any atom is 0.393 e. The molecule has 3 aliphatic rings. The molecule has 196 valence electrons. The van der Waals surface area contributed by atoms with Crippen LogP contribution < -0.4 is 9.80 Å². The van der Waals surface area contributed by atoms with E-state index in [0.29, 0.717) is 35.7 Å². The summed E-state index contributed by atoms with van der Waals surface area (Å²) >= 11 is 2.32. The monoisotopic (exact) mass is 624 g/mol. The number of nitrogens with zero attached hydrogens (tertiary/aromatic N) is 6. The molecule has 2 aliphatic heterocycles. The third kappa shape index (κ3) is 5.15. The number of hydrogen-bond donors (Lipinski definition) is 0. The van der Waals surface area contributed by atoms with Crippen LogP contribution in [0.5, 0.6) is 0 Å². The van der Waals surface area contributed by atoms with Crippen LogP contribution >= 0.6 is 22.6 Å². The van der Waals surface area contributed by atoms with Crippen LogP contribution in [-0.2, 0) is 0 Å². The van der Waals surface area contributed by atoms with Crippen molar-refractivity contribution < 1.29 is 17.6 Å². The first-order valence-corrected chi connectivity index (χ1v) is 13.8. The topological polar surface area (TPSA) is 71.2 Å². The van der Waals surface area contributed by atoms with Crippen LogP contribution in [0, 0.1) is 21.8 Å². The number of rotatable bonds is 4. The molecule has 3 aromatic rings. The van der Waals surface area contributed by atoms with Gasteiger partial charge in [-0.1, -0.05) is 0 Å². The van der Waals surface area contributed by atoms with E-state index in [0.717, 1.165) is 27.9 Å². The minimum absolute atomic E-state index is 0.127. The Labute approximate surface area is 227 Å². The SMILES string of the molecule is Cc1cc(-c2nnc(-c3ccc(I)cc3N3CCC4(CC3)CC4)o2)nc(N2CCCC(C(F)(F)F)C2)n1. The summed E-state index contributed by atoms with van der Waals surface area (Å²) in [5.41, 5.74) is 3.58. The Bertz CT molecular complexity index is 1300. The number of anilines is 2. The molecule has 11 heteroatoms. The van der Waals surface area contributed by atoms with Crippen molar-refractivity contribution in [1.82, 2.24) is 20.2 Å². The minimum Gasteiger partial charge on any atom is -0.415 e. The van der Waals surface area contributed by atoms with Crippen molar-refractivity contribution in [3.63, 3.8) is 0 Å². The number of aromatic nitrogens is 4. The third-order valence-electron chi connectivity index (χ3n) is 7.97. The number of alkyl halides is 3. The largest absolute Gasteiger partial charge is 0.415 e. The number of piperidine rings is 2. The summed E-state index contributed by atoms with van der Waals surface area (Å²) in [4.78, 5) is 13.0. The molecule has 1 aliphatic carbocycles. The minimum atomic E-state index is -4.23. The first-order valence-electron chi connectivity index (χ1n) is 12.8. The maximum absolute atomic E-state index is 13.3. The molecule has 3 fully saturated rings. The Hall–Kier alpha value is -2.44. The smallest absolute Gasteiger partial charge is 0.393 e. The van der Waals surface area contributed by atoms with Gasteiger partial charge in [-0.2, -0.15) is 13.2 Å². The van der Waals surface area contributed by atoms with Crippen LogP contribution in [-0.4, -0.2) is 52.5 Å². The molecular formula is C26H28F3IN6O. The van der Waals surface area contributed by atoms with Gasteiger partial charge in [-0.15, -0.1) is 10.2 Å². The zero-order chi connectivity index (χ0) is 25.8. The fourth-order valence-corrected chi connectivity index (χ4v) is 5.99. The molecule has 1 aromatic carbocycles. The quantitative estimate of drug-likeness (QED) is 0.317. The molecule has 0 N–H and O–H groups in total. The molecule has 2 saturated heterocycles. The standard InChI is InChI=1S/C26H28F3IN6O/c1-16-13-20(32-24(31-16)36-10-2-3-17(15-36)26(27,28)29)23-34-33-22(37-23)19-5-4-18(30)14-21(19)35-11-8-25(6-7-25)9-12-35/h4-5,13-14,17H,2-3,6-12,15H2,1H3. The van der Waals surface area contributed by atoms with Crippen molar-refractivity contribution in [1.29, 1.82) is 0 Å². The highest BCUT2D eigenvalue weighted by Gasteiger charge is 2.45. The van der Waals surface area contributed by atoms with Crippen molar-refractivity contribution in [2.45, 2.75) is 51.6 Å². The Morgan fingerprint density at radius 1 is 0.973 bits per heavy atom. The lowest BCUT2D eigenvalue weighted by atomic mass is 9.93. The zero-order valence-corrected chi connectivity index (χ0v) is 22.7. The highest BCUT2D eigenvalue weighted by molar-refractivity contribution is 14.1. The summed E-state index contributed by atoms with van der Waals surface area (Å²) < 4.78 is 47.3. The fourth-order valence-electron chi connectivity index (χ4n) is 5.51. The van der Waals surface area contributed by atoms with E-state index in [-0.39, 0.29) is 24.8 Å². The molecular weight excluding hydrogens is 596 g/mol. The van der Waals surface area contributed by atoms with Gasteiger partial charge < -0.3 is 14.2 Å². The van der Waals surface area contributed by atoms with E-state index in [1.165, 1.54) is 25.7 Å². The summed E-state index contributed by atoms with van der Waals surface area (Å²) in [6.07, 6.45) is 1.45. The van der Waals surface area contributed by atoms with Gasteiger partial charge in [0.2, 0.25) is 11.8 Å². The Morgan fingerprint density at radius 2 is 1.73 bits per heavy atom. The third-order valence-corrected chi connectivity index (χ3v) is 8.64. The lowest BCUT2D eigenvalue weighted by Crippen LogP contribution is -2.42. The molecule has 1 spiro atoms. The summed E-state index contributed by atoms with van der Waals surface area (Å²) in [7, 11) is 0. The highest BCUT2D eigenvalue weighted by Crippen LogP contribution is 2.54. The lowest BCUT2D eigenvalue weighted by Gasteiger charge is -2.34.